The first-order valence-electron chi connectivity index (χ1n) is 4.99. The highest BCUT2D eigenvalue weighted by Crippen LogP contribution is 2.33. The molecule has 0 saturated carbocycles. The van der Waals surface area contributed by atoms with E-state index in [1.165, 1.54) is 13.2 Å². The van der Waals surface area contributed by atoms with E-state index in [2.05, 4.69) is 0 Å². The number of ether oxygens (including phenoxy) is 1. The summed E-state index contributed by atoms with van der Waals surface area (Å²) < 4.78 is 42.2. The van der Waals surface area contributed by atoms with E-state index in [9.17, 15) is 13.2 Å². The van der Waals surface area contributed by atoms with Crippen LogP contribution in [0.1, 0.15) is 11.1 Å². The van der Waals surface area contributed by atoms with E-state index in [-0.39, 0.29) is 31.2 Å². The Morgan fingerprint density at radius 3 is 2.44 bits per heavy atom. The average Bonchev–Trinajstić information content (AvgIpc) is 2.27. The van der Waals surface area contributed by atoms with Crippen molar-refractivity contribution in [2.24, 2.45) is 5.73 Å². The van der Waals surface area contributed by atoms with Crippen molar-refractivity contribution in [2.75, 3.05) is 13.7 Å². The highest BCUT2D eigenvalue weighted by Gasteiger charge is 2.31. The molecule has 3 N–H and O–H groups in total. The van der Waals surface area contributed by atoms with Crippen molar-refractivity contribution in [1.82, 2.24) is 0 Å². The number of hydrogen-bond acceptors (Lipinski definition) is 3. The van der Waals surface area contributed by atoms with Crippen LogP contribution in [0.25, 0.3) is 0 Å². The van der Waals surface area contributed by atoms with Crippen LogP contribution in [-0.4, -0.2) is 24.9 Å². The third kappa shape index (κ3) is 4.36. The summed E-state index contributed by atoms with van der Waals surface area (Å²) in [5.74, 6) is 0.128. The van der Waals surface area contributed by atoms with Crippen molar-refractivity contribution < 1.29 is 23.0 Å². The Morgan fingerprint density at radius 2 is 2.00 bits per heavy atom. The Bertz CT molecular complexity index is 385. The molecule has 0 aromatic heterocycles. The molecule has 0 amide bonds. The second-order valence-corrected chi connectivity index (χ2v) is 3.67. The van der Waals surface area contributed by atoms with Gasteiger partial charge in [-0.2, -0.15) is 13.2 Å². The van der Waals surface area contributed by atoms with Crippen LogP contribution in [0.4, 0.5) is 13.2 Å². The van der Waals surface area contributed by atoms with Crippen molar-refractivity contribution in [3.8, 4) is 5.75 Å². The van der Waals surface area contributed by atoms with Gasteiger partial charge in [0.1, 0.15) is 5.75 Å². The Labute approximate surface area is 109 Å². The van der Waals surface area contributed by atoms with Crippen LogP contribution in [0.5, 0.6) is 5.75 Å². The third-order valence-corrected chi connectivity index (χ3v) is 2.33. The number of aliphatic hydroxyl groups excluding tert-OH is 1. The molecule has 3 nitrogen and oxygen atoms in total. The first kappa shape index (κ1) is 17.0. The zero-order valence-corrected chi connectivity index (χ0v) is 10.5. The van der Waals surface area contributed by atoms with Gasteiger partial charge in [-0.3, -0.25) is 0 Å². The lowest BCUT2D eigenvalue weighted by Gasteiger charge is -2.14. The van der Waals surface area contributed by atoms with Crippen LogP contribution in [0.3, 0.4) is 0 Å². The monoisotopic (exact) mass is 285 g/mol. The topological polar surface area (TPSA) is 55.5 Å². The molecule has 0 aliphatic heterocycles. The van der Waals surface area contributed by atoms with Gasteiger partial charge in [-0.15, -0.1) is 12.4 Å². The number of rotatable bonds is 4. The summed E-state index contributed by atoms with van der Waals surface area (Å²) in [6.07, 6.45) is -4.14. The summed E-state index contributed by atoms with van der Waals surface area (Å²) in [7, 11) is 1.30. The van der Waals surface area contributed by atoms with Crippen molar-refractivity contribution in [2.45, 2.75) is 18.6 Å². The van der Waals surface area contributed by atoms with Gasteiger partial charge < -0.3 is 15.6 Å². The summed E-state index contributed by atoms with van der Waals surface area (Å²) in [5.41, 5.74) is 5.30. The predicted molar refractivity (Wildman–Crippen MR) is 64.0 cm³/mol. The Morgan fingerprint density at radius 1 is 1.39 bits per heavy atom. The third-order valence-electron chi connectivity index (χ3n) is 2.33. The van der Waals surface area contributed by atoms with E-state index in [1.807, 2.05) is 0 Å². The van der Waals surface area contributed by atoms with Gasteiger partial charge in [0.25, 0.3) is 0 Å². The maximum Gasteiger partial charge on any atom is 0.416 e. The fourth-order valence-electron chi connectivity index (χ4n) is 1.44. The van der Waals surface area contributed by atoms with Gasteiger partial charge in [-0.25, -0.2) is 0 Å². The number of alkyl halides is 3. The molecule has 18 heavy (non-hydrogen) atoms. The van der Waals surface area contributed by atoms with Crippen LogP contribution in [0.15, 0.2) is 18.2 Å². The summed E-state index contributed by atoms with van der Waals surface area (Å²) in [4.78, 5) is 0. The van der Waals surface area contributed by atoms with Crippen LogP contribution < -0.4 is 10.5 Å². The molecule has 0 radical (unpaired) electrons. The van der Waals surface area contributed by atoms with Gasteiger partial charge in [0.05, 0.1) is 19.3 Å². The largest absolute Gasteiger partial charge is 0.496 e. The van der Waals surface area contributed by atoms with Crippen LogP contribution >= 0.6 is 12.4 Å². The summed E-state index contributed by atoms with van der Waals surface area (Å²) >= 11 is 0. The first-order chi connectivity index (χ1) is 7.88. The molecule has 1 aromatic rings. The molecule has 0 heterocycles. The SMILES string of the molecule is COc1cc(C(F)(F)F)ccc1CC(N)CO.Cl. The van der Waals surface area contributed by atoms with Gasteiger partial charge in [-0.1, -0.05) is 6.07 Å². The molecule has 1 atom stereocenters. The standard InChI is InChI=1S/C11H14F3NO2.ClH/c1-17-10-5-8(11(12,13)14)3-2-7(10)4-9(15)6-16;/h2-3,5,9,16H,4,6,15H2,1H3;1H. The van der Waals surface area contributed by atoms with Gasteiger partial charge in [0.15, 0.2) is 0 Å². The molecule has 0 spiro atoms. The summed E-state index contributed by atoms with van der Waals surface area (Å²) in [6.45, 7) is -0.232. The number of halogens is 4. The lowest BCUT2D eigenvalue weighted by Crippen LogP contribution is -2.27. The zero-order valence-electron chi connectivity index (χ0n) is 9.70. The lowest BCUT2D eigenvalue weighted by molar-refractivity contribution is -0.137. The Balaban J connectivity index is 0.00000289. The molecule has 1 aromatic carbocycles. The van der Waals surface area contributed by atoms with Crippen LogP contribution in [-0.2, 0) is 12.6 Å². The molecule has 0 saturated heterocycles. The number of aliphatic hydroxyl groups is 1. The number of nitrogens with two attached hydrogens (primary N) is 1. The van der Waals surface area contributed by atoms with Crippen molar-refractivity contribution in [3.05, 3.63) is 29.3 Å². The molecule has 1 rings (SSSR count). The normalized spacial score (nSPS) is 12.8. The van der Waals surface area contributed by atoms with E-state index in [1.54, 1.807) is 0 Å². The molecule has 7 heteroatoms. The second-order valence-electron chi connectivity index (χ2n) is 3.67. The van der Waals surface area contributed by atoms with Crippen LogP contribution in [0, 0.1) is 0 Å². The number of benzene rings is 1. The summed E-state index contributed by atoms with van der Waals surface area (Å²) in [5, 5.41) is 8.80. The fourth-order valence-corrected chi connectivity index (χ4v) is 1.44. The molecule has 0 bridgehead atoms. The minimum atomic E-state index is -4.40. The maximum absolute atomic E-state index is 12.4. The quantitative estimate of drug-likeness (QED) is 0.890. The van der Waals surface area contributed by atoms with E-state index in [0.717, 1.165) is 12.1 Å². The molecule has 104 valence electrons. The molecule has 1 unspecified atom stereocenters. The van der Waals surface area contributed by atoms with E-state index < -0.39 is 17.8 Å². The van der Waals surface area contributed by atoms with Gasteiger partial charge >= 0.3 is 6.18 Å². The molecule has 0 aliphatic carbocycles. The van der Waals surface area contributed by atoms with Crippen molar-refractivity contribution in [3.63, 3.8) is 0 Å². The van der Waals surface area contributed by atoms with Gasteiger partial charge in [0.2, 0.25) is 0 Å². The number of hydrogen-bond donors (Lipinski definition) is 2. The minimum Gasteiger partial charge on any atom is -0.496 e. The molecule has 0 aliphatic rings. The van der Waals surface area contributed by atoms with Crippen LogP contribution in [0.2, 0.25) is 0 Å². The van der Waals surface area contributed by atoms with Crippen molar-refractivity contribution >= 4 is 12.4 Å². The van der Waals surface area contributed by atoms with Gasteiger partial charge in [-0.05, 0) is 24.1 Å². The first-order valence-corrected chi connectivity index (χ1v) is 4.99. The van der Waals surface area contributed by atoms with Gasteiger partial charge in [0, 0.05) is 6.04 Å². The average molecular weight is 286 g/mol. The second kappa shape index (κ2) is 6.82. The minimum absolute atomic E-state index is 0. The Hall–Kier alpha value is -0.980. The number of methoxy groups -OCH3 is 1. The smallest absolute Gasteiger partial charge is 0.416 e. The lowest BCUT2D eigenvalue weighted by atomic mass is 10.0. The van der Waals surface area contributed by atoms with Crippen molar-refractivity contribution in [1.29, 1.82) is 0 Å². The Kier molecular flexibility index (Phi) is 6.45. The molecule has 0 fully saturated rings. The maximum atomic E-state index is 12.4. The van der Waals surface area contributed by atoms with E-state index in [0.29, 0.717) is 5.56 Å². The highest BCUT2D eigenvalue weighted by atomic mass is 35.5. The predicted octanol–water partition coefficient (Wildman–Crippen LogP) is 2.00. The molecular formula is C11H15ClF3NO2. The fraction of sp³-hybridized carbons (Fsp3) is 0.455. The zero-order chi connectivity index (χ0) is 13.1. The van der Waals surface area contributed by atoms with E-state index >= 15 is 0 Å². The molecular weight excluding hydrogens is 271 g/mol. The summed E-state index contributed by atoms with van der Waals surface area (Å²) in [6, 6.07) is 2.71. The highest BCUT2D eigenvalue weighted by molar-refractivity contribution is 5.85. The van der Waals surface area contributed by atoms with E-state index in [4.69, 9.17) is 15.6 Å².